The zero-order valence-corrected chi connectivity index (χ0v) is 12.6. The molecule has 1 atom stereocenters. The monoisotopic (exact) mass is 293 g/mol. The number of aryl methyl sites for hydroxylation is 1. The minimum absolute atomic E-state index is 0.150. The van der Waals surface area contributed by atoms with Crippen LogP contribution in [-0.4, -0.2) is 13.7 Å². The van der Waals surface area contributed by atoms with Gasteiger partial charge in [-0.25, -0.2) is 0 Å². The van der Waals surface area contributed by atoms with E-state index in [1.54, 1.807) is 11.3 Å². The van der Waals surface area contributed by atoms with Gasteiger partial charge in [0, 0.05) is 11.3 Å². The van der Waals surface area contributed by atoms with E-state index in [4.69, 9.17) is 16.3 Å². The number of thiophene rings is 1. The second kappa shape index (κ2) is 5.16. The minimum atomic E-state index is 0.150. The summed E-state index contributed by atoms with van der Waals surface area (Å²) in [4.78, 5) is 1.18. The first-order chi connectivity index (χ1) is 9.20. The van der Waals surface area contributed by atoms with Crippen molar-refractivity contribution < 1.29 is 4.74 Å². The molecule has 0 amide bonds. The molecule has 4 heteroatoms. The number of halogens is 1. The van der Waals surface area contributed by atoms with Gasteiger partial charge in [-0.05, 0) is 42.1 Å². The molecular weight excluding hydrogens is 278 g/mol. The molecule has 0 radical (unpaired) electrons. The fraction of sp³-hybridized carbons (Fsp3) is 0.333. The van der Waals surface area contributed by atoms with E-state index in [2.05, 4.69) is 28.9 Å². The van der Waals surface area contributed by atoms with Crippen molar-refractivity contribution in [2.45, 2.75) is 19.4 Å². The molecule has 19 heavy (non-hydrogen) atoms. The topological polar surface area (TPSA) is 21.3 Å². The maximum atomic E-state index is 6.40. The van der Waals surface area contributed by atoms with Crippen LogP contribution in [0.5, 0.6) is 5.75 Å². The van der Waals surface area contributed by atoms with Gasteiger partial charge in [-0.2, -0.15) is 0 Å². The Balaban J connectivity index is 2.01. The molecule has 0 spiro atoms. The SMILES string of the molecule is CNC(c1ccc2c(c1)CCO2)c1scc(C)c1Cl. The van der Waals surface area contributed by atoms with Gasteiger partial charge >= 0.3 is 0 Å². The highest BCUT2D eigenvalue weighted by molar-refractivity contribution is 7.10. The molecule has 1 N–H and O–H groups in total. The molecule has 100 valence electrons. The van der Waals surface area contributed by atoms with Crippen LogP contribution in [0.4, 0.5) is 0 Å². The first kappa shape index (κ1) is 13.0. The number of fused-ring (bicyclic) bond motifs is 1. The van der Waals surface area contributed by atoms with Crippen LogP contribution < -0.4 is 10.1 Å². The molecule has 2 aromatic rings. The molecule has 2 heterocycles. The third-order valence-corrected chi connectivity index (χ3v) is 5.30. The van der Waals surface area contributed by atoms with Crippen molar-refractivity contribution in [3.63, 3.8) is 0 Å². The molecule has 2 nitrogen and oxygen atoms in total. The van der Waals surface area contributed by atoms with Gasteiger partial charge in [-0.3, -0.25) is 0 Å². The predicted molar refractivity (Wildman–Crippen MR) is 80.6 cm³/mol. The van der Waals surface area contributed by atoms with Crippen molar-refractivity contribution in [3.8, 4) is 5.75 Å². The van der Waals surface area contributed by atoms with Crippen molar-refractivity contribution in [3.05, 3.63) is 50.2 Å². The summed E-state index contributed by atoms with van der Waals surface area (Å²) in [6.45, 7) is 2.84. The van der Waals surface area contributed by atoms with Crippen LogP contribution in [0.1, 0.15) is 27.6 Å². The molecule has 1 aliphatic heterocycles. The van der Waals surface area contributed by atoms with E-state index in [0.717, 1.165) is 29.4 Å². The molecule has 0 aliphatic carbocycles. The van der Waals surface area contributed by atoms with Crippen LogP contribution in [0.25, 0.3) is 0 Å². The lowest BCUT2D eigenvalue weighted by molar-refractivity contribution is 0.357. The highest BCUT2D eigenvalue weighted by atomic mass is 35.5. The first-order valence-corrected chi connectivity index (χ1v) is 7.63. The molecule has 1 aliphatic rings. The van der Waals surface area contributed by atoms with E-state index < -0.39 is 0 Å². The summed E-state index contributed by atoms with van der Waals surface area (Å²) < 4.78 is 5.56. The molecule has 0 fully saturated rings. The van der Waals surface area contributed by atoms with Gasteiger partial charge in [0.1, 0.15) is 5.75 Å². The lowest BCUT2D eigenvalue weighted by Gasteiger charge is -2.17. The molecule has 0 bridgehead atoms. The number of ether oxygens (including phenoxy) is 1. The summed E-state index contributed by atoms with van der Waals surface area (Å²) in [7, 11) is 1.97. The lowest BCUT2D eigenvalue weighted by atomic mass is 10.0. The molecule has 3 rings (SSSR count). The standard InChI is InChI=1S/C15H16ClNOS/c1-9-8-19-15(13(9)16)14(17-2)11-3-4-12-10(7-11)5-6-18-12/h3-4,7-8,14,17H,5-6H2,1-2H3. The molecule has 1 aromatic carbocycles. The van der Waals surface area contributed by atoms with Gasteiger partial charge in [-0.15, -0.1) is 11.3 Å². The number of hydrogen-bond donors (Lipinski definition) is 1. The Hall–Kier alpha value is -1.03. The van der Waals surface area contributed by atoms with E-state index in [1.165, 1.54) is 16.0 Å². The Kier molecular flexibility index (Phi) is 3.52. The Labute approximate surface area is 122 Å². The van der Waals surface area contributed by atoms with Crippen LogP contribution in [0.3, 0.4) is 0 Å². The Morgan fingerprint density at radius 3 is 2.95 bits per heavy atom. The normalized spacial score (nSPS) is 15.1. The third kappa shape index (κ3) is 2.27. The highest BCUT2D eigenvalue weighted by Crippen LogP contribution is 2.37. The number of hydrogen-bond acceptors (Lipinski definition) is 3. The average Bonchev–Trinajstić information content (AvgIpc) is 3.00. The van der Waals surface area contributed by atoms with E-state index in [1.807, 2.05) is 14.0 Å². The summed E-state index contributed by atoms with van der Waals surface area (Å²) in [5.41, 5.74) is 3.68. The number of nitrogens with one attached hydrogen (secondary N) is 1. The Morgan fingerprint density at radius 2 is 2.26 bits per heavy atom. The number of benzene rings is 1. The molecule has 0 saturated carbocycles. The average molecular weight is 294 g/mol. The molecule has 1 unspecified atom stereocenters. The van der Waals surface area contributed by atoms with Crippen molar-refractivity contribution in [2.24, 2.45) is 0 Å². The Morgan fingerprint density at radius 1 is 1.42 bits per heavy atom. The summed E-state index contributed by atoms with van der Waals surface area (Å²) in [6, 6.07) is 6.57. The van der Waals surface area contributed by atoms with Gasteiger partial charge in [0.25, 0.3) is 0 Å². The third-order valence-electron chi connectivity index (χ3n) is 3.52. The van der Waals surface area contributed by atoms with Crippen molar-refractivity contribution in [1.82, 2.24) is 5.32 Å². The van der Waals surface area contributed by atoms with E-state index >= 15 is 0 Å². The van der Waals surface area contributed by atoms with Crippen LogP contribution in [0.15, 0.2) is 23.6 Å². The zero-order chi connectivity index (χ0) is 13.4. The van der Waals surface area contributed by atoms with Crippen molar-refractivity contribution in [2.75, 3.05) is 13.7 Å². The maximum absolute atomic E-state index is 6.40. The van der Waals surface area contributed by atoms with Crippen LogP contribution in [0, 0.1) is 6.92 Å². The lowest BCUT2D eigenvalue weighted by Crippen LogP contribution is -2.17. The van der Waals surface area contributed by atoms with E-state index in [0.29, 0.717) is 0 Å². The van der Waals surface area contributed by atoms with Crippen molar-refractivity contribution in [1.29, 1.82) is 0 Å². The van der Waals surface area contributed by atoms with E-state index in [9.17, 15) is 0 Å². The second-order valence-corrected chi connectivity index (χ2v) is 6.07. The van der Waals surface area contributed by atoms with Gasteiger partial charge in [-0.1, -0.05) is 23.7 Å². The van der Waals surface area contributed by atoms with Gasteiger partial charge in [0.05, 0.1) is 17.7 Å². The van der Waals surface area contributed by atoms with Gasteiger partial charge in [0.15, 0.2) is 0 Å². The quantitative estimate of drug-likeness (QED) is 0.925. The summed E-state index contributed by atoms with van der Waals surface area (Å²) in [5, 5.41) is 6.35. The molecule has 1 aromatic heterocycles. The van der Waals surface area contributed by atoms with Crippen LogP contribution in [0.2, 0.25) is 5.02 Å². The van der Waals surface area contributed by atoms with Crippen LogP contribution in [-0.2, 0) is 6.42 Å². The first-order valence-electron chi connectivity index (χ1n) is 6.37. The summed E-state index contributed by atoms with van der Waals surface area (Å²) in [5.74, 6) is 1.02. The Bertz CT molecular complexity index is 608. The second-order valence-electron chi connectivity index (χ2n) is 4.78. The summed E-state index contributed by atoms with van der Waals surface area (Å²) >= 11 is 8.11. The van der Waals surface area contributed by atoms with Crippen molar-refractivity contribution >= 4 is 22.9 Å². The zero-order valence-electron chi connectivity index (χ0n) is 11.0. The minimum Gasteiger partial charge on any atom is -0.493 e. The van der Waals surface area contributed by atoms with Crippen LogP contribution >= 0.6 is 22.9 Å². The predicted octanol–water partition coefficient (Wildman–Crippen LogP) is 3.95. The molecular formula is C15H16ClNOS. The van der Waals surface area contributed by atoms with Gasteiger partial charge < -0.3 is 10.1 Å². The maximum Gasteiger partial charge on any atom is 0.122 e. The fourth-order valence-corrected chi connectivity index (χ4v) is 3.92. The van der Waals surface area contributed by atoms with E-state index in [-0.39, 0.29) is 6.04 Å². The number of rotatable bonds is 3. The van der Waals surface area contributed by atoms with Gasteiger partial charge in [0.2, 0.25) is 0 Å². The molecule has 0 saturated heterocycles. The highest BCUT2D eigenvalue weighted by Gasteiger charge is 2.21. The largest absolute Gasteiger partial charge is 0.493 e. The summed E-state index contributed by atoms with van der Waals surface area (Å²) in [6.07, 6.45) is 0.997. The smallest absolute Gasteiger partial charge is 0.122 e. The fourth-order valence-electron chi connectivity index (χ4n) is 2.48.